The van der Waals surface area contributed by atoms with Crippen LogP contribution < -0.4 is 5.32 Å². The summed E-state index contributed by atoms with van der Waals surface area (Å²) < 4.78 is 5.58. The number of nitrogens with one attached hydrogen (secondary N) is 1. The summed E-state index contributed by atoms with van der Waals surface area (Å²) in [5.74, 6) is 1.06. The van der Waals surface area contributed by atoms with Gasteiger partial charge in [-0.1, -0.05) is 17.7 Å². The summed E-state index contributed by atoms with van der Waals surface area (Å²) in [5.41, 5.74) is 0.849. The lowest BCUT2D eigenvalue weighted by Crippen LogP contribution is -2.35. The minimum atomic E-state index is 0.0185. The molecule has 2 rings (SSSR count). The largest absolute Gasteiger partial charge is 0.419 e. The Morgan fingerprint density at radius 2 is 2.06 bits per heavy atom. The molecule has 0 radical (unpaired) electrons. The number of nitrogens with zero attached hydrogens (tertiary/aromatic N) is 2. The maximum absolute atomic E-state index is 5.92. The number of benzene rings is 1. The SMILES string of the molecule is CC(C)(C)NCc1nnc(-c2cccc(Cl)c2)o1. The van der Waals surface area contributed by atoms with Crippen LogP contribution in [-0.4, -0.2) is 15.7 Å². The summed E-state index contributed by atoms with van der Waals surface area (Å²) >= 11 is 5.92. The third kappa shape index (κ3) is 3.55. The summed E-state index contributed by atoms with van der Waals surface area (Å²) in [4.78, 5) is 0. The highest BCUT2D eigenvalue weighted by molar-refractivity contribution is 6.30. The van der Waals surface area contributed by atoms with Gasteiger partial charge in [-0.05, 0) is 39.0 Å². The van der Waals surface area contributed by atoms with Crippen LogP contribution in [0.15, 0.2) is 28.7 Å². The topological polar surface area (TPSA) is 51.0 Å². The summed E-state index contributed by atoms with van der Waals surface area (Å²) in [7, 11) is 0. The van der Waals surface area contributed by atoms with Gasteiger partial charge in [-0.3, -0.25) is 0 Å². The molecule has 0 aliphatic rings. The molecule has 0 bridgehead atoms. The van der Waals surface area contributed by atoms with Crippen molar-refractivity contribution in [2.45, 2.75) is 32.9 Å². The molecule has 96 valence electrons. The molecule has 0 atom stereocenters. The third-order valence-electron chi connectivity index (χ3n) is 2.31. The van der Waals surface area contributed by atoms with Gasteiger partial charge in [-0.25, -0.2) is 0 Å². The Morgan fingerprint density at radius 3 is 2.72 bits per heavy atom. The van der Waals surface area contributed by atoms with Gasteiger partial charge < -0.3 is 9.73 Å². The van der Waals surface area contributed by atoms with Crippen molar-refractivity contribution in [2.75, 3.05) is 0 Å². The normalized spacial score (nSPS) is 11.8. The average Bonchev–Trinajstić information content (AvgIpc) is 2.74. The summed E-state index contributed by atoms with van der Waals surface area (Å²) in [6, 6.07) is 7.36. The van der Waals surface area contributed by atoms with E-state index in [0.717, 1.165) is 5.56 Å². The smallest absolute Gasteiger partial charge is 0.247 e. The molecular weight excluding hydrogens is 250 g/mol. The fraction of sp³-hybridized carbons (Fsp3) is 0.385. The van der Waals surface area contributed by atoms with E-state index in [1.165, 1.54) is 0 Å². The van der Waals surface area contributed by atoms with Crippen molar-refractivity contribution in [1.29, 1.82) is 0 Å². The standard InChI is InChI=1S/C13H16ClN3O/c1-13(2,3)15-8-11-16-17-12(18-11)9-5-4-6-10(14)7-9/h4-7,15H,8H2,1-3H3. The number of aromatic nitrogens is 2. The van der Waals surface area contributed by atoms with Gasteiger partial charge in [0.15, 0.2) is 0 Å². The van der Waals surface area contributed by atoms with Crippen LogP contribution in [0.1, 0.15) is 26.7 Å². The Morgan fingerprint density at radius 1 is 1.28 bits per heavy atom. The Kier molecular flexibility index (Phi) is 3.68. The monoisotopic (exact) mass is 265 g/mol. The van der Waals surface area contributed by atoms with E-state index >= 15 is 0 Å². The van der Waals surface area contributed by atoms with Crippen LogP contribution >= 0.6 is 11.6 Å². The van der Waals surface area contributed by atoms with Crippen molar-refractivity contribution in [3.05, 3.63) is 35.2 Å². The van der Waals surface area contributed by atoms with Crippen molar-refractivity contribution >= 4 is 11.6 Å². The molecule has 2 aromatic rings. The van der Waals surface area contributed by atoms with Crippen molar-refractivity contribution in [3.63, 3.8) is 0 Å². The van der Waals surface area contributed by atoms with Crippen LogP contribution in [-0.2, 0) is 6.54 Å². The molecule has 0 amide bonds. The molecule has 1 aromatic heterocycles. The minimum Gasteiger partial charge on any atom is -0.419 e. The lowest BCUT2D eigenvalue weighted by atomic mass is 10.1. The first-order chi connectivity index (χ1) is 8.44. The van der Waals surface area contributed by atoms with Crippen molar-refractivity contribution in [2.24, 2.45) is 0 Å². The molecule has 1 N–H and O–H groups in total. The molecule has 18 heavy (non-hydrogen) atoms. The Labute approximate surface area is 111 Å². The molecule has 0 aliphatic heterocycles. The number of hydrogen-bond acceptors (Lipinski definition) is 4. The zero-order valence-electron chi connectivity index (χ0n) is 10.7. The van der Waals surface area contributed by atoms with Crippen LogP contribution in [0.2, 0.25) is 5.02 Å². The van der Waals surface area contributed by atoms with Gasteiger partial charge in [0.05, 0.1) is 6.54 Å². The first-order valence-corrected chi connectivity index (χ1v) is 6.15. The van der Waals surface area contributed by atoms with E-state index in [1.54, 1.807) is 6.07 Å². The maximum Gasteiger partial charge on any atom is 0.247 e. The highest BCUT2D eigenvalue weighted by Crippen LogP contribution is 2.21. The number of hydrogen-bond donors (Lipinski definition) is 1. The Bertz CT molecular complexity index is 531. The molecule has 0 fully saturated rings. The van der Waals surface area contributed by atoms with Gasteiger partial charge in [-0.15, -0.1) is 10.2 Å². The fourth-order valence-corrected chi connectivity index (χ4v) is 1.59. The van der Waals surface area contributed by atoms with E-state index in [2.05, 4.69) is 36.3 Å². The van der Waals surface area contributed by atoms with Gasteiger partial charge >= 0.3 is 0 Å². The number of rotatable bonds is 3. The predicted molar refractivity (Wildman–Crippen MR) is 71.3 cm³/mol. The highest BCUT2D eigenvalue weighted by atomic mass is 35.5. The van der Waals surface area contributed by atoms with E-state index < -0.39 is 0 Å². The second kappa shape index (κ2) is 5.08. The quantitative estimate of drug-likeness (QED) is 0.925. The first-order valence-electron chi connectivity index (χ1n) is 5.77. The maximum atomic E-state index is 5.92. The fourth-order valence-electron chi connectivity index (χ4n) is 1.40. The predicted octanol–water partition coefficient (Wildman–Crippen LogP) is 3.28. The lowest BCUT2D eigenvalue weighted by molar-refractivity contribution is 0.383. The molecule has 0 unspecified atom stereocenters. The highest BCUT2D eigenvalue weighted by Gasteiger charge is 2.13. The van der Waals surface area contributed by atoms with Crippen LogP contribution in [0.3, 0.4) is 0 Å². The molecular formula is C13H16ClN3O. The van der Waals surface area contributed by atoms with Gasteiger partial charge in [0.1, 0.15) is 0 Å². The van der Waals surface area contributed by atoms with E-state index in [4.69, 9.17) is 16.0 Å². The molecule has 0 saturated heterocycles. The molecule has 1 heterocycles. The Balaban J connectivity index is 2.11. The van der Waals surface area contributed by atoms with E-state index in [0.29, 0.717) is 23.3 Å². The average molecular weight is 266 g/mol. The lowest BCUT2D eigenvalue weighted by Gasteiger charge is -2.18. The molecule has 1 aromatic carbocycles. The zero-order valence-corrected chi connectivity index (χ0v) is 11.5. The van der Waals surface area contributed by atoms with Crippen molar-refractivity contribution in [3.8, 4) is 11.5 Å². The number of halogens is 1. The molecule has 0 saturated carbocycles. The first kappa shape index (κ1) is 13.1. The minimum absolute atomic E-state index is 0.0185. The summed E-state index contributed by atoms with van der Waals surface area (Å²) in [5, 5.41) is 12.0. The van der Waals surface area contributed by atoms with Crippen LogP contribution in [0.5, 0.6) is 0 Å². The summed E-state index contributed by atoms with van der Waals surface area (Å²) in [6.07, 6.45) is 0. The van der Waals surface area contributed by atoms with Gasteiger partial charge in [0.2, 0.25) is 11.8 Å². The van der Waals surface area contributed by atoms with E-state index in [1.807, 2.05) is 18.2 Å². The summed E-state index contributed by atoms with van der Waals surface area (Å²) in [6.45, 7) is 6.81. The van der Waals surface area contributed by atoms with Gasteiger partial charge in [-0.2, -0.15) is 0 Å². The van der Waals surface area contributed by atoms with Crippen molar-refractivity contribution in [1.82, 2.24) is 15.5 Å². The third-order valence-corrected chi connectivity index (χ3v) is 2.54. The second-order valence-electron chi connectivity index (χ2n) is 5.11. The second-order valence-corrected chi connectivity index (χ2v) is 5.55. The van der Waals surface area contributed by atoms with Gasteiger partial charge in [0, 0.05) is 16.1 Å². The van der Waals surface area contributed by atoms with Crippen LogP contribution in [0.4, 0.5) is 0 Å². The Hall–Kier alpha value is -1.39. The molecule has 0 spiro atoms. The van der Waals surface area contributed by atoms with E-state index in [-0.39, 0.29) is 5.54 Å². The molecule has 0 aliphatic carbocycles. The molecule has 5 heteroatoms. The van der Waals surface area contributed by atoms with Crippen LogP contribution in [0.25, 0.3) is 11.5 Å². The van der Waals surface area contributed by atoms with Gasteiger partial charge in [0.25, 0.3) is 0 Å². The zero-order chi connectivity index (χ0) is 13.2. The molecule has 4 nitrogen and oxygen atoms in total. The van der Waals surface area contributed by atoms with Crippen molar-refractivity contribution < 1.29 is 4.42 Å². The van der Waals surface area contributed by atoms with Crippen LogP contribution in [0, 0.1) is 0 Å². The van der Waals surface area contributed by atoms with E-state index in [9.17, 15) is 0 Å².